The minimum atomic E-state index is 0.0110. The van der Waals surface area contributed by atoms with Crippen molar-refractivity contribution in [3.05, 3.63) is 22.8 Å². The molecule has 1 aromatic rings. The van der Waals surface area contributed by atoms with Crippen molar-refractivity contribution in [3.8, 4) is 0 Å². The van der Waals surface area contributed by atoms with Crippen molar-refractivity contribution in [2.24, 2.45) is 0 Å². The summed E-state index contributed by atoms with van der Waals surface area (Å²) < 4.78 is 0. The molecule has 0 unspecified atom stereocenters. The molecule has 5 heteroatoms. The number of unbranched alkanes of at least 4 members (excludes halogenated alkanes) is 2. The maximum Gasteiger partial charge on any atom is 0.254 e. The summed E-state index contributed by atoms with van der Waals surface area (Å²) >= 11 is 5.96. The minimum Gasteiger partial charge on any atom is -0.373 e. The summed E-state index contributed by atoms with van der Waals surface area (Å²) in [4.78, 5) is 18.6. The van der Waals surface area contributed by atoms with Gasteiger partial charge in [-0.2, -0.15) is 0 Å². The maximum absolute atomic E-state index is 12.6. The molecule has 1 rings (SSSR count). The van der Waals surface area contributed by atoms with Gasteiger partial charge in [-0.05, 0) is 32.4 Å². The number of carbonyl (C=O) groups excluding carboxylic acids is 1. The van der Waals surface area contributed by atoms with Crippen molar-refractivity contribution in [3.63, 3.8) is 0 Å². The number of nitrogens with zero attached hydrogens (tertiary/aromatic N) is 2. The monoisotopic (exact) mass is 297 g/mol. The van der Waals surface area contributed by atoms with Gasteiger partial charge in [-0.15, -0.1) is 0 Å². The van der Waals surface area contributed by atoms with Gasteiger partial charge < -0.3 is 10.2 Å². The predicted molar refractivity (Wildman–Crippen MR) is 84.5 cm³/mol. The summed E-state index contributed by atoms with van der Waals surface area (Å²) in [5, 5.41) is 3.25. The van der Waals surface area contributed by atoms with Crippen LogP contribution in [-0.4, -0.2) is 35.4 Å². The van der Waals surface area contributed by atoms with Gasteiger partial charge in [-0.3, -0.25) is 4.79 Å². The third-order valence-corrected chi connectivity index (χ3v) is 3.38. The first-order valence-corrected chi connectivity index (χ1v) is 7.53. The minimum absolute atomic E-state index is 0.0110. The number of aromatic nitrogens is 1. The van der Waals surface area contributed by atoms with Crippen LogP contribution in [-0.2, 0) is 0 Å². The Balaban J connectivity index is 2.91. The Bertz CT molecular complexity index is 449. The molecule has 1 heterocycles. The molecule has 0 aliphatic rings. The number of amides is 1. The standard InChI is InChI=1S/C15H24ClN3O/c1-5-6-7-8-19(11(2)3)15(20)12-9-13(16)18-14(10-12)17-4/h9-11H,5-8H2,1-4H3,(H,17,18). The lowest BCUT2D eigenvalue weighted by Crippen LogP contribution is -2.37. The molecule has 0 saturated heterocycles. The van der Waals surface area contributed by atoms with Gasteiger partial charge in [-0.25, -0.2) is 4.98 Å². The molecule has 1 N–H and O–H groups in total. The molecular weight excluding hydrogens is 274 g/mol. The van der Waals surface area contributed by atoms with E-state index in [0.717, 1.165) is 25.8 Å². The number of anilines is 1. The zero-order valence-electron chi connectivity index (χ0n) is 12.7. The van der Waals surface area contributed by atoms with Crippen LogP contribution in [0.2, 0.25) is 5.15 Å². The van der Waals surface area contributed by atoms with Gasteiger partial charge in [0.1, 0.15) is 11.0 Å². The number of halogens is 1. The molecule has 0 spiro atoms. The quantitative estimate of drug-likeness (QED) is 0.615. The third-order valence-electron chi connectivity index (χ3n) is 3.18. The Morgan fingerprint density at radius 2 is 2.10 bits per heavy atom. The molecule has 0 radical (unpaired) electrons. The molecule has 0 aromatic carbocycles. The number of hydrogen-bond donors (Lipinski definition) is 1. The second-order valence-electron chi connectivity index (χ2n) is 5.11. The van der Waals surface area contributed by atoms with E-state index in [-0.39, 0.29) is 11.9 Å². The Hall–Kier alpha value is -1.29. The lowest BCUT2D eigenvalue weighted by atomic mass is 10.1. The van der Waals surface area contributed by atoms with Crippen molar-refractivity contribution < 1.29 is 4.79 Å². The van der Waals surface area contributed by atoms with Crippen LogP contribution in [0.15, 0.2) is 12.1 Å². The fourth-order valence-corrected chi connectivity index (χ4v) is 2.25. The Labute approximate surface area is 126 Å². The van der Waals surface area contributed by atoms with Gasteiger partial charge >= 0.3 is 0 Å². The SMILES string of the molecule is CCCCCN(C(=O)c1cc(Cl)nc(NC)c1)C(C)C. The first-order chi connectivity index (χ1) is 9.49. The van der Waals surface area contributed by atoms with Gasteiger partial charge in [0.15, 0.2) is 0 Å². The van der Waals surface area contributed by atoms with Crippen LogP contribution < -0.4 is 5.32 Å². The molecule has 0 fully saturated rings. The van der Waals surface area contributed by atoms with Gasteiger partial charge in [0.05, 0.1) is 0 Å². The summed E-state index contributed by atoms with van der Waals surface area (Å²) in [5.41, 5.74) is 0.583. The zero-order chi connectivity index (χ0) is 15.1. The van der Waals surface area contributed by atoms with Crippen LogP contribution in [0.5, 0.6) is 0 Å². The summed E-state index contributed by atoms with van der Waals surface area (Å²) in [5.74, 6) is 0.620. The highest BCUT2D eigenvalue weighted by Gasteiger charge is 2.19. The van der Waals surface area contributed by atoms with Gasteiger partial charge in [-0.1, -0.05) is 31.4 Å². The highest BCUT2D eigenvalue weighted by atomic mass is 35.5. The average molecular weight is 298 g/mol. The second kappa shape index (κ2) is 8.10. The van der Waals surface area contributed by atoms with Crippen LogP contribution in [0, 0.1) is 0 Å². The third kappa shape index (κ3) is 4.67. The number of carbonyl (C=O) groups is 1. The largest absolute Gasteiger partial charge is 0.373 e. The average Bonchev–Trinajstić information content (AvgIpc) is 2.41. The van der Waals surface area contributed by atoms with E-state index in [2.05, 4.69) is 17.2 Å². The van der Waals surface area contributed by atoms with Crippen LogP contribution in [0.4, 0.5) is 5.82 Å². The molecule has 0 atom stereocenters. The molecule has 1 aromatic heterocycles. The van der Waals surface area contributed by atoms with E-state index in [9.17, 15) is 4.79 Å². The van der Waals surface area contributed by atoms with E-state index in [4.69, 9.17) is 11.6 Å². The van der Waals surface area contributed by atoms with E-state index in [0.29, 0.717) is 16.5 Å². The first kappa shape index (κ1) is 16.8. The first-order valence-electron chi connectivity index (χ1n) is 7.15. The molecule has 0 aliphatic heterocycles. The van der Waals surface area contributed by atoms with E-state index < -0.39 is 0 Å². The van der Waals surface area contributed by atoms with Crippen molar-refractivity contribution in [1.29, 1.82) is 0 Å². The Morgan fingerprint density at radius 3 is 2.65 bits per heavy atom. The van der Waals surface area contributed by atoms with Gasteiger partial charge in [0.2, 0.25) is 0 Å². The fourth-order valence-electron chi connectivity index (χ4n) is 2.04. The summed E-state index contributed by atoms with van der Waals surface area (Å²) in [6, 6.07) is 3.54. The summed E-state index contributed by atoms with van der Waals surface area (Å²) in [6.45, 7) is 7.00. The number of pyridine rings is 1. The molecule has 4 nitrogen and oxygen atoms in total. The molecule has 0 bridgehead atoms. The van der Waals surface area contributed by atoms with Crippen molar-refractivity contribution in [1.82, 2.24) is 9.88 Å². The van der Waals surface area contributed by atoms with E-state index in [1.165, 1.54) is 0 Å². The molecule has 20 heavy (non-hydrogen) atoms. The van der Waals surface area contributed by atoms with Gasteiger partial charge in [0.25, 0.3) is 5.91 Å². The van der Waals surface area contributed by atoms with Crippen molar-refractivity contribution >= 4 is 23.3 Å². The van der Waals surface area contributed by atoms with Crippen LogP contribution in [0.25, 0.3) is 0 Å². The lowest BCUT2D eigenvalue weighted by molar-refractivity contribution is 0.0702. The number of nitrogens with one attached hydrogen (secondary N) is 1. The molecule has 1 amide bonds. The van der Waals surface area contributed by atoms with E-state index in [1.54, 1.807) is 19.2 Å². The summed E-state index contributed by atoms with van der Waals surface area (Å²) in [6.07, 6.45) is 3.30. The lowest BCUT2D eigenvalue weighted by Gasteiger charge is -2.27. The fraction of sp³-hybridized carbons (Fsp3) is 0.600. The number of rotatable bonds is 7. The Kier molecular flexibility index (Phi) is 6.79. The smallest absolute Gasteiger partial charge is 0.254 e. The van der Waals surface area contributed by atoms with Crippen molar-refractivity contribution in [2.45, 2.75) is 46.1 Å². The van der Waals surface area contributed by atoms with Crippen LogP contribution in [0.1, 0.15) is 50.4 Å². The normalized spacial score (nSPS) is 10.7. The second-order valence-corrected chi connectivity index (χ2v) is 5.50. The number of hydrogen-bond acceptors (Lipinski definition) is 3. The van der Waals surface area contributed by atoms with Crippen LogP contribution >= 0.6 is 11.6 Å². The highest BCUT2D eigenvalue weighted by molar-refractivity contribution is 6.29. The zero-order valence-corrected chi connectivity index (χ0v) is 13.5. The predicted octanol–water partition coefficient (Wildman–Crippen LogP) is 3.82. The topological polar surface area (TPSA) is 45.2 Å². The molecule has 0 aliphatic carbocycles. The maximum atomic E-state index is 12.6. The molecule has 0 saturated carbocycles. The molecular formula is C15H24ClN3O. The van der Waals surface area contributed by atoms with Crippen molar-refractivity contribution in [2.75, 3.05) is 18.9 Å². The van der Waals surface area contributed by atoms with E-state index in [1.807, 2.05) is 18.7 Å². The highest BCUT2D eigenvalue weighted by Crippen LogP contribution is 2.17. The van der Waals surface area contributed by atoms with Gasteiger partial charge in [0, 0.05) is 25.2 Å². The summed E-state index contributed by atoms with van der Waals surface area (Å²) in [7, 11) is 1.76. The van der Waals surface area contributed by atoms with E-state index >= 15 is 0 Å². The Morgan fingerprint density at radius 1 is 1.40 bits per heavy atom. The van der Waals surface area contributed by atoms with Crippen LogP contribution in [0.3, 0.4) is 0 Å². The molecule has 112 valence electrons.